The van der Waals surface area contributed by atoms with E-state index in [0.717, 1.165) is 30.1 Å². The van der Waals surface area contributed by atoms with E-state index in [1.807, 2.05) is 49.4 Å². The lowest BCUT2D eigenvalue weighted by Gasteiger charge is -2.28. The highest BCUT2D eigenvalue weighted by molar-refractivity contribution is 5.76. The third kappa shape index (κ3) is 6.06. The van der Waals surface area contributed by atoms with E-state index < -0.39 is 0 Å². The van der Waals surface area contributed by atoms with Gasteiger partial charge < -0.3 is 15.4 Å². The summed E-state index contributed by atoms with van der Waals surface area (Å²) in [5, 5.41) is 6.53. The van der Waals surface area contributed by atoms with Gasteiger partial charge in [0.15, 0.2) is 0 Å². The maximum atomic E-state index is 12.5. The summed E-state index contributed by atoms with van der Waals surface area (Å²) < 4.78 is 5.85. The van der Waals surface area contributed by atoms with Crippen LogP contribution in [-0.4, -0.2) is 24.0 Å². The SMILES string of the molecule is CC(NC(=O)CC(C)C1CCNCC1)c1cccc(OCc2ccccn2)c1. The molecule has 0 radical (unpaired) electrons. The molecule has 1 aromatic heterocycles. The number of benzene rings is 1. The minimum atomic E-state index is -0.0499. The Kier molecular flexibility index (Phi) is 7.43. The molecular formula is C23H31N3O2. The normalized spacial score (nSPS) is 16.9. The fourth-order valence-corrected chi connectivity index (χ4v) is 3.77. The van der Waals surface area contributed by atoms with Crippen molar-refractivity contribution in [3.8, 4) is 5.75 Å². The number of rotatable bonds is 8. The second-order valence-corrected chi connectivity index (χ2v) is 7.74. The van der Waals surface area contributed by atoms with Crippen molar-refractivity contribution in [2.24, 2.45) is 11.8 Å². The molecule has 5 heteroatoms. The van der Waals surface area contributed by atoms with E-state index in [2.05, 4.69) is 22.5 Å². The highest BCUT2D eigenvalue weighted by Crippen LogP contribution is 2.25. The maximum Gasteiger partial charge on any atom is 0.220 e. The summed E-state index contributed by atoms with van der Waals surface area (Å²) in [5.74, 6) is 1.97. The molecule has 5 nitrogen and oxygen atoms in total. The van der Waals surface area contributed by atoms with Crippen molar-refractivity contribution >= 4 is 5.91 Å². The smallest absolute Gasteiger partial charge is 0.220 e. The van der Waals surface area contributed by atoms with Crippen LogP contribution in [0.15, 0.2) is 48.7 Å². The molecule has 2 heterocycles. The van der Waals surface area contributed by atoms with Crippen LogP contribution in [0.3, 0.4) is 0 Å². The second-order valence-electron chi connectivity index (χ2n) is 7.74. The summed E-state index contributed by atoms with van der Waals surface area (Å²) >= 11 is 0. The van der Waals surface area contributed by atoms with Gasteiger partial charge in [0.25, 0.3) is 0 Å². The number of piperidine rings is 1. The molecule has 1 fully saturated rings. The third-order valence-electron chi connectivity index (χ3n) is 5.54. The topological polar surface area (TPSA) is 63.2 Å². The Bertz CT molecular complexity index is 745. The number of nitrogens with zero attached hydrogens (tertiary/aromatic N) is 1. The molecule has 2 aromatic rings. The van der Waals surface area contributed by atoms with Gasteiger partial charge in [-0.25, -0.2) is 0 Å². The number of hydrogen-bond donors (Lipinski definition) is 2. The van der Waals surface area contributed by atoms with E-state index in [-0.39, 0.29) is 11.9 Å². The Morgan fingerprint density at radius 2 is 2.04 bits per heavy atom. The van der Waals surface area contributed by atoms with Crippen LogP contribution < -0.4 is 15.4 Å². The fourth-order valence-electron chi connectivity index (χ4n) is 3.77. The van der Waals surface area contributed by atoms with Crippen LogP contribution in [-0.2, 0) is 11.4 Å². The first-order chi connectivity index (χ1) is 13.6. The first kappa shape index (κ1) is 20.3. The molecule has 0 saturated carbocycles. The summed E-state index contributed by atoms with van der Waals surface area (Å²) in [6, 6.07) is 13.6. The predicted molar refractivity (Wildman–Crippen MR) is 111 cm³/mol. The summed E-state index contributed by atoms with van der Waals surface area (Å²) in [7, 11) is 0. The van der Waals surface area contributed by atoms with Gasteiger partial charge in [-0.2, -0.15) is 0 Å². The van der Waals surface area contributed by atoms with Crippen LogP contribution in [0.2, 0.25) is 0 Å². The molecule has 0 spiro atoms. The predicted octanol–water partition coefficient (Wildman–Crippen LogP) is 3.86. The first-order valence-electron chi connectivity index (χ1n) is 10.2. The molecule has 2 unspecified atom stereocenters. The molecule has 28 heavy (non-hydrogen) atoms. The zero-order chi connectivity index (χ0) is 19.8. The monoisotopic (exact) mass is 381 g/mol. The van der Waals surface area contributed by atoms with Gasteiger partial charge in [-0.3, -0.25) is 9.78 Å². The van der Waals surface area contributed by atoms with Crippen molar-refractivity contribution in [1.29, 1.82) is 0 Å². The Hall–Kier alpha value is -2.40. The fraction of sp³-hybridized carbons (Fsp3) is 0.478. The van der Waals surface area contributed by atoms with Crippen molar-refractivity contribution in [1.82, 2.24) is 15.6 Å². The van der Waals surface area contributed by atoms with Crippen molar-refractivity contribution in [2.45, 2.75) is 45.8 Å². The molecule has 1 amide bonds. The molecule has 2 N–H and O–H groups in total. The minimum Gasteiger partial charge on any atom is -0.487 e. The average molecular weight is 382 g/mol. The van der Waals surface area contributed by atoms with Crippen molar-refractivity contribution in [2.75, 3.05) is 13.1 Å². The van der Waals surface area contributed by atoms with E-state index in [1.54, 1.807) is 6.20 Å². The Labute approximate surface area is 167 Å². The van der Waals surface area contributed by atoms with Crippen LogP contribution in [0, 0.1) is 11.8 Å². The molecule has 0 aliphatic carbocycles. The van der Waals surface area contributed by atoms with Crippen LogP contribution in [0.25, 0.3) is 0 Å². The van der Waals surface area contributed by atoms with Crippen molar-refractivity contribution in [3.63, 3.8) is 0 Å². The van der Waals surface area contributed by atoms with Gasteiger partial charge in [0.2, 0.25) is 5.91 Å². The average Bonchev–Trinajstić information content (AvgIpc) is 2.73. The van der Waals surface area contributed by atoms with E-state index in [4.69, 9.17) is 4.74 Å². The highest BCUT2D eigenvalue weighted by atomic mass is 16.5. The first-order valence-corrected chi connectivity index (χ1v) is 10.2. The molecule has 1 aliphatic heterocycles. The van der Waals surface area contributed by atoms with Crippen LogP contribution in [0.4, 0.5) is 0 Å². The zero-order valence-electron chi connectivity index (χ0n) is 16.9. The summed E-state index contributed by atoms with van der Waals surface area (Å²) in [5.41, 5.74) is 1.93. The number of nitrogens with one attached hydrogen (secondary N) is 2. The lowest BCUT2D eigenvalue weighted by molar-refractivity contribution is -0.123. The number of aromatic nitrogens is 1. The van der Waals surface area contributed by atoms with E-state index in [1.165, 1.54) is 12.8 Å². The zero-order valence-corrected chi connectivity index (χ0v) is 16.9. The Balaban J connectivity index is 1.50. The lowest BCUT2D eigenvalue weighted by Crippen LogP contribution is -2.34. The number of ether oxygens (including phenoxy) is 1. The van der Waals surface area contributed by atoms with Crippen LogP contribution in [0.5, 0.6) is 5.75 Å². The summed E-state index contributed by atoms with van der Waals surface area (Å²) in [6.45, 7) is 6.78. The largest absolute Gasteiger partial charge is 0.487 e. The Morgan fingerprint density at radius 1 is 1.21 bits per heavy atom. The second kappa shape index (κ2) is 10.2. The van der Waals surface area contributed by atoms with Crippen LogP contribution in [0.1, 0.15) is 50.4 Å². The molecule has 2 atom stereocenters. The molecule has 1 saturated heterocycles. The number of hydrogen-bond acceptors (Lipinski definition) is 4. The van der Waals surface area contributed by atoms with Gasteiger partial charge >= 0.3 is 0 Å². The van der Waals surface area contributed by atoms with Gasteiger partial charge in [0.05, 0.1) is 11.7 Å². The highest BCUT2D eigenvalue weighted by Gasteiger charge is 2.22. The number of carbonyl (C=O) groups is 1. The Morgan fingerprint density at radius 3 is 2.79 bits per heavy atom. The van der Waals surface area contributed by atoms with E-state index in [9.17, 15) is 4.79 Å². The molecule has 0 bridgehead atoms. The number of pyridine rings is 1. The number of carbonyl (C=O) groups excluding carboxylic acids is 1. The standard InChI is InChI=1S/C23H31N3O2/c1-17(19-9-12-24-13-10-19)14-23(27)26-18(2)20-6-5-8-22(15-20)28-16-21-7-3-4-11-25-21/h3-8,11,15,17-19,24H,9-10,12-14,16H2,1-2H3,(H,26,27). The van der Waals surface area contributed by atoms with Gasteiger partial charge in [0, 0.05) is 12.6 Å². The molecule has 150 valence electrons. The quantitative estimate of drug-likeness (QED) is 0.729. The molecule has 1 aromatic carbocycles. The minimum absolute atomic E-state index is 0.0499. The van der Waals surface area contributed by atoms with Gasteiger partial charge in [-0.05, 0) is 74.5 Å². The summed E-state index contributed by atoms with van der Waals surface area (Å²) in [4.78, 5) is 16.8. The molecular weight excluding hydrogens is 350 g/mol. The van der Waals surface area contributed by atoms with E-state index >= 15 is 0 Å². The third-order valence-corrected chi connectivity index (χ3v) is 5.54. The van der Waals surface area contributed by atoms with E-state index in [0.29, 0.717) is 24.9 Å². The lowest BCUT2D eigenvalue weighted by atomic mass is 9.84. The van der Waals surface area contributed by atoms with Crippen molar-refractivity contribution < 1.29 is 9.53 Å². The van der Waals surface area contributed by atoms with Gasteiger partial charge in [-0.1, -0.05) is 25.1 Å². The van der Waals surface area contributed by atoms with Crippen LogP contribution >= 0.6 is 0 Å². The molecule has 1 aliphatic rings. The maximum absolute atomic E-state index is 12.5. The molecule has 3 rings (SSSR count). The van der Waals surface area contributed by atoms with Gasteiger partial charge in [-0.15, -0.1) is 0 Å². The van der Waals surface area contributed by atoms with Gasteiger partial charge in [0.1, 0.15) is 12.4 Å². The summed E-state index contributed by atoms with van der Waals surface area (Å²) in [6.07, 6.45) is 4.68. The number of amides is 1. The van der Waals surface area contributed by atoms with Crippen molar-refractivity contribution in [3.05, 3.63) is 59.9 Å².